The van der Waals surface area contributed by atoms with Crippen molar-refractivity contribution in [3.8, 4) is 0 Å². The van der Waals surface area contributed by atoms with Gasteiger partial charge in [-0.1, -0.05) is 35.9 Å². The van der Waals surface area contributed by atoms with E-state index in [4.69, 9.17) is 17.3 Å². The van der Waals surface area contributed by atoms with Gasteiger partial charge < -0.3 is 20.9 Å². The molecule has 166 valence electrons. The van der Waals surface area contributed by atoms with E-state index >= 15 is 0 Å². The second-order valence-corrected chi connectivity index (χ2v) is 8.17. The summed E-state index contributed by atoms with van der Waals surface area (Å²) >= 11 is 6.20. The molecule has 0 bridgehead atoms. The summed E-state index contributed by atoms with van der Waals surface area (Å²) in [6, 6.07) is 16.4. The number of H-pyrrole nitrogens is 1. The number of aromatic nitrogens is 2. The second kappa shape index (κ2) is 7.22. The van der Waals surface area contributed by atoms with Crippen LogP contribution in [-0.4, -0.2) is 39.2 Å². The molecule has 10 heteroatoms. The molecule has 0 spiro atoms. The first-order valence-corrected chi connectivity index (χ1v) is 10.3. The van der Waals surface area contributed by atoms with Crippen LogP contribution >= 0.6 is 11.6 Å². The number of hydrogen-bond donors (Lipinski definition) is 4. The third kappa shape index (κ3) is 3.09. The number of nitrogens with one attached hydrogen (secondary N) is 1. The van der Waals surface area contributed by atoms with Crippen molar-refractivity contribution in [1.82, 2.24) is 9.97 Å². The van der Waals surface area contributed by atoms with Gasteiger partial charge in [0.2, 0.25) is 5.95 Å². The molecule has 0 saturated heterocycles. The molecule has 2 heterocycles. The van der Waals surface area contributed by atoms with E-state index < -0.39 is 17.7 Å². The number of hydrogen-bond acceptors (Lipinski definition) is 5. The van der Waals surface area contributed by atoms with Crippen molar-refractivity contribution in [3.05, 3.63) is 82.4 Å². The zero-order valence-corrected chi connectivity index (χ0v) is 18.0. The zero-order chi connectivity index (χ0) is 23.5. The Balaban J connectivity index is 1.73. The number of carboxylic acid groups (broad SMARTS) is 1. The molecule has 1 aliphatic rings. The number of fused-ring (bicyclic) bond motifs is 2. The van der Waals surface area contributed by atoms with Crippen molar-refractivity contribution < 1.29 is 19.8 Å². The van der Waals surface area contributed by atoms with Crippen molar-refractivity contribution >= 4 is 52.0 Å². The number of aliphatic hydroxyl groups is 1. The molecule has 0 saturated carbocycles. The van der Waals surface area contributed by atoms with Crippen molar-refractivity contribution in [2.24, 2.45) is 0 Å². The number of amides is 2. The summed E-state index contributed by atoms with van der Waals surface area (Å²) in [5, 5.41) is 21.7. The van der Waals surface area contributed by atoms with Crippen LogP contribution in [0, 0.1) is 0 Å². The van der Waals surface area contributed by atoms with Gasteiger partial charge in [-0.2, -0.15) is 0 Å². The lowest BCUT2D eigenvalue weighted by Gasteiger charge is -2.35. The molecule has 9 nitrogen and oxygen atoms in total. The van der Waals surface area contributed by atoms with Gasteiger partial charge in [0.25, 0.3) is 5.91 Å². The fourth-order valence-corrected chi connectivity index (χ4v) is 4.38. The van der Waals surface area contributed by atoms with Crippen LogP contribution in [0.3, 0.4) is 0 Å². The number of nitrogens with two attached hydrogens (primary N) is 1. The predicted octanol–water partition coefficient (Wildman–Crippen LogP) is 3.77. The summed E-state index contributed by atoms with van der Waals surface area (Å²) in [6.45, 7) is 0. The maximum absolute atomic E-state index is 13.4. The predicted molar refractivity (Wildman–Crippen MR) is 125 cm³/mol. The van der Waals surface area contributed by atoms with E-state index in [-0.39, 0.29) is 5.95 Å². The van der Waals surface area contributed by atoms with Crippen molar-refractivity contribution in [3.63, 3.8) is 0 Å². The van der Waals surface area contributed by atoms with Crippen molar-refractivity contribution in [1.29, 1.82) is 0 Å². The molecular weight excluding hydrogens is 446 g/mol. The van der Waals surface area contributed by atoms with Gasteiger partial charge in [0.1, 0.15) is 0 Å². The first-order chi connectivity index (χ1) is 15.7. The molecule has 2 amide bonds. The molecule has 0 fully saturated rings. The lowest BCUT2D eigenvalue weighted by atomic mass is 9.93. The Bertz CT molecular complexity index is 1430. The van der Waals surface area contributed by atoms with E-state index in [1.165, 1.54) is 11.9 Å². The minimum atomic E-state index is -1.87. The molecule has 33 heavy (non-hydrogen) atoms. The Morgan fingerprint density at radius 2 is 1.94 bits per heavy atom. The van der Waals surface area contributed by atoms with Crippen molar-refractivity contribution in [2.45, 2.75) is 5.72 Å². The quantitative estimate of drug-likeness (QED) is 0.341. The molecule has 1 unspecified atom stereocenters. The molecular formula is C23H18ClN5O4. The Morgan fingerprint density at radius 1 is 1.18 bits per heavy atom. The Labute approximate surface area is 192 Å². The number of carbonyl (C=O) groups is 2. The average molecular weight is 464 g/mol. The van der Waals surface area contributed by atoms with Crippen LogP contribution in [0.25, 0.3) is 11.0 Å². The van der Waals surface area contributed by atoms with Gasteiger partial charge in [-0.25, -0.2) is 9.78 Å². The highest BCUT2D eigenvalue weighted by Crippen LogP contribution is 2.46. The number of nitrogens with zero attached hydrogens (tertiary/aromatic N) is 3. The van der Waals surface area contributed by atoms with E-state index in [9.17, 15) is 19.8 Å². The largest absolute Gasteiger partial charge is 0.465 e. The number of aromatic amines is 1. The minimum absolute atomic E-state index is 0.129. The molecule has 4 aromatic rings. The topological polar surface area (TPSA) is 136 Å². The molecule has 1 aliphatic heterocycles. The van der Waals surface area contributed by atoms with E-state index in [0.717, 1.165) is 4.90 Å². The van der Waals surface area contributed by atoms with Crippen LogP contribution in [0.2, 0.25) is 5.02 Å². The minimum Gasteiger partial charge on any atom is -0.465 e. The second-order valence-electron chi connectivity index (χ2n) is 7.74. The number of halogens is 1. The number of nitrogen functional groups attached to an aromatic ring is 1. The number of benzene rings is 3. The summed E-state index contributed by atoms with van der Waals surface area (Å²) in [7, 11) is 1.37. The zero-order valence-electron chi connectivity index (χ0n) is 17.3. The van der Waals surface area contributed by atoms with Crippen LogP contribution in [0.5, 0.6) is 0 Å². The Hall–Kier alpha value is -4.08. The third-order valence-corrected chi connectivity index (χ3v) is 5.92. The third-order valence-electron chi connectivity index (χ3n) is 5.70. The van der Waals surface area contributed by atoms with Gasteiger partial charge in [-0.15, -0.1) is 0 Å². The molecule has 1 atom stereocenters. The number of rotatable bonds is 3. The van der Waals surface area contributed by atoms with E-state index in [0.29, 0.717) is 44.1 Å². The SMILES string of the molecule is CN(C(=O)O)c1nc2ccc(C3(O)c4ccccc4C(=O)N3c3cc(N)cc(Cl)c3)cc2[nH]1. The van der Waals surface area contributed by atoms with Crippen LogP contribution < -0.4 is 15.5 Å². The highest BCUT2D eigenvalue weighted by molar-refractivity contribution is 6.31. The normalized spacial score (nSPS) is 17.4. The van der Waals surface area contributed by atoms with E-state index in [1.54, 1.807) is 60.7 Å². The van der Waals surface area contributed by atoms with Gasteiger partial charge >= 0.3 is 6.09 Å². The summed E-state index contributed by atoms with van der Waals surface area (Å²) in [5.74, 6) is -0.283. The van der Waals surface area contributed by atoms with Crippen LogP contribution in [0.4, 0.5) is 22.1 Å². The molecule has 1 aromatic heterocycles. The lowest BCUT2D eigenvalue weighted by molar-refractivity contribution is 0.0704. The Morgan fingerprint density at radius 3 is 2.67 bits per heavy atom. The van der Waals surface area contributed by atoms with E-state index in [1.807, 2.05) is 0 Å². The number of carbonyl (C=O) groups excluding carboxylic acids is 1. The highest BCUT2D eigenvalue weighted by Gasteiger charge is 2.50. The Kier molecular flexibility index (Phi) is 4.55. The van der Waals surface area contributed by atoms with Crippen LogP contribution in [-0.2, 0) is 5.72 Å². The van der Waals surface area contributed by atoms with Crippen LogP contribution in [0.15, 0.2) is 60.7 Å². The first kappa shape index (κ1) is 20.8. The highest BCUT2D eigenvalue weighted by atomic mass is 35.5. The summed E-state index contributed by atoms with van der Waals surface area (Å²) in [5.41, 5.74) is 6.88. The fourth-order valence-electron chi connectivity index (χ4n) is 4.14. The standard InChI is InChI=1S/C23H18ClN5O4/c1-28(22(31)32)21-26-18-7-6-12(8-19(18)27-21)23(33)17-5-3-2-4-16(17)20(30)29(23)15-10-13(24)9-14(25)11-15/h2-11,33H,25H2,1H3,(H,26,27)(H,31,32). The maximum Gasteiger partial charge on any atom is 0.413 e. The lowest BCUT2D eigenvalue weighted by Crippen LogP contribution is -2.45. The maximum atomic E-state index is 13.4. The van der Waals surface area contributed by atoms with Gasteiger partial charge in [-0.05, 0) is 36.4 Å². The molecule has 5 N–H and O–H groups in total. The average Bonchev–Trinajstić information content (AvgIpc) is 3.30. The summed E-state index contributed by atoms with van der Waals surface area (Å²) in [6.07, 6.45) is -1.17. The van der Waals surface area contributed by atoms with Gasteiger partial charge in [-0.3, -0.25) is 14.6 Å². The molecule has 3 aromatic carbocycles. The molecule has 5 rings (SSSR count). The number of anilines is 3. The van der Waals surface area contributed by atoms with Gasteiger partial charge in [0, 0.05) is 34.4 Å². The fraction of sp³-hybridized carbons (Fsp3) is 0.0870. The first-order valence-electron chi connectivity index (χ1n) is 9.89. The summed E-state index contributed by atoms with van der Waals surface area (Å²) in [4.78, 5) is 34.1. The van der Waals surface area contributed by atoms with Gasteiger partial charge in [0.05, 0.1) is 16.7 Å². The van der Waals surface area contributed by atoms with Crippen LogP contribution in [0.1, 0.15) is 21.5 Å². The van der Waals surface area contributed by atoms with E-state index in [2.05, 4.69) is 9.97 Å². The smallest absolute Gasteiger partial charge is 0.413 e. The molecule has 0 radical (unpaired) electrons. The number of imidazole rings is 1. The summed E-state index contributed by atoms with van der Waals surface area (Å²) < 4.78 is 0. The monoisotopic (exact) mass is 463 g/mol. The van der Waals surface area contributed by atoms with Gasteiger partial charge in [0.15, 0.2) is 5.72 Å². The molecule has 0 aliphatic carbocycles. The van der Waals surface area contributed by atoms with Crippen molar-refractivity contribution in [2.75, 3.05) is 22.6 Å².